The van der Waals surface area contributed by atoms with Gasteiger partial charge in [-0.25, -0.2) is 18.7 Å². The van der Waals surface area contributed by atoms with E-state index in [1.165, 1.54) is 41.3 Å². The number of carbonyl (C=O) groups excluding carboxylic acids is 1. The maximum absolute atomic E-state index is 13.1. The topological polar surface area (TPSA) is 96.6 Å². The first kappa shape index (κ1) is 13.7. The zero-order valence-electron chi connectivity index (χ0n) is 11.0. The number of aromatic nitrogens is 3. The summed E-state index contributed by atoms with van der Waals surface area (Å²) in [5, 5.41) is 15.4. The number of anilines is 1. The molecule has 0 atom stereocenters. The Labute approximate surface area is 123 Å². The lowest BCUT2D eigenvalue weighted by Crippen LogP contribution is -2.13. The van der Waals surface area contributed by atoms with Crippen molar-refractivity contribution in [2.45, 2.75) is 0 Å². The first-order valence-corrected chi connectivity index (χ1v) is 6.18. The van der Waals surface area contributed by atoms with E-state index >= 15 is 0 Å². The summed E-state index contributed by atoms with van der Waals surface area (Å²) < 4.78 is 14.3. The van der Waals surface area contributed by atoms with E-state index in [2.05, 4.69) is 15.4 Å². The maximum Gasteiger partial charge on any atom is 0.341 e. The van der Waals surface area contributed by atoms with Crippen molar-refractivity contribution in [3.05, 3.63) is 59.8 Å². The predicted molar refractivity (Wildman–Crippen MR) is 74.3 cm³/mol. The number of carboxylic acids is 1. The minimum absolute atomic E-state index is 0.0389. The number of fused-ring (bicyclic) bond motifs is 1. The van der Waals surface area contributed by atoms with Crippen molar-refractivity contribution < 1.29 is 19.1 Å². The SMILES string of the molecule is O=C(Nc1cnc2c(C(=O)O)cnn2c1)c1cccc(F)c1. The normalized spacial score (nSPS) is 10.6. The molecule has 0 bridgehead atoms. The number of nitrogens with zero attached hydrogens (tertiary/aromatic N) is 3. The molecule has 0 radical (unpaired) electrons. The minimum atomic E-state index is -1.14. The van der Waals surface area contributed by atoms with Crippen LogP contribution in [-0.4, -0.2) is 31.6 Å². The van der Waals surface area contributed by atoms with Gasteiger partial charge in [-0.3, -0.25) is 4.79 Å². The summed E-state index contributed by atoms with van der Waals surface area (Å²) in [5.74, 6) is -2.16. The third-order valence-corrected chi connectivity index (χ3v) is 2.93. The van der Waals surface area contributed by atoms with Crippen molar-refractivity contribution in [3.8, 4) is 0 Å². The van der Waals surface area contributed by atoms with Crippen LogP contribution in [0.2, 0.25) is 0 Å². The van der Waals surface area contributed by atoms with Gasteiger partial charge in [0.1, 0.15) is 11.4 Å². The van der Waals surface area contributed by atoms with Gasteiger partial charge in [-0.15, -0.1) is 0 Å². The van der Waals surface area contributed by atoms with E-state index in [1.807, 2.05) is 0 Å². The van der Waals surface area contributed by atoms with Gasteiger partial charge in [-0.05, 0) is 18.2 Å². The Hall–Kier alpha value is -3.29. The third-order valence-electron chi connectivity index (χ3n) is 2.93. The lowest BCUT2D eigenvalue weighted by molar-refractivity contribution is 0.0698. The first-order valence-electron chi connectivity index (χ1n) is 6.18. The molecule has 0 saturated carbocycles. The average molecular weight is 300 g/mol. The van der Waals surface area contributed by atoms with E-state index in [0.29, 0.717) is 5.69 Å². The Balaban J connectivity index is 1.88. The van der Waals surface area contributed by atoms with Gasteiger partial charge >= 0.3 is 5.97 Å². The molecule has 7 nitrogen and oxygen atoms in total. The number of rotatable bonds is 3. The van der Waals surface area contributed by atoms with Crippen LogP contribution in [-0.2, 0) is 0 Å². The van der Waals surface area contributed by atoms with Crippen molar-refractivity contribution in [2.75, 3.05) is 5.32 Å². The molecule has 2 aromatic heterocycles. The van der Waals surface area contributed by atoms with Gasteiger partial charge in [0.2, 0.25) is 0 Å². The number of carboxylic acid groups (broad SMARTS) is 1. The molecule has 8 heteroatoms. The number of hydrogen-bond donors (Lipinski definition) is 2. The van der Waals surface area contributed by atoms with Crippen LogP contribution < -0.4 is 5.32 Å². The monoisotopic (exact) mass is 300 g/mol. The highest BCUT2D eigenvalue weighted by molar-refractivity contribution is 6.04. The molecule has 0 aliphatic heterocycles. The zero-order chi connectivity index (χ0) is 15.7. The fraction of sp³-hybridized carbons (Fsp3) is 0. The van der Waals surface area contributed by atoms with Crippen LogP contribution >= 0.6 is 0 Å². The summed E-state index contributed by atoms with van der Waals surface area (Å²) in [7, 11) is 0. The van der Waals surface area contributed by atoms with Crippen molar-refractivity contribution in [1.82, 2.24) is 14.6 Å². The lowest BCUT2D eigenvalue weighted by Gasteiger charge is -2.05. The second kappa shape index (κ2) is 5.24. The molecule has 1 aromatic carbocycles. The van der Waals surface area contributed by atoms with Crippen molar-refractivity contribution in [3.63, 3.8) is 0 Å². The van der Waals surface area contributed by atoms with Crippen LogP contribution in [0.4, 0.5) is 10.1 Å². The highest BCUT2D eigenvalue weighted by Gasteiger charge is 2.13. The summed E-state index contributed by atoms with van der Waals surface area (Å²) in [6.07, 6.45) is 3.90. The largest absolute Gasteiger partial charge is 0.477 e. The lowest BCUT2D eigenvalue weighted by atomic mass is 10.2. The molecule has 0 saturated heterocycles. The molecule has 3 rings (SSSR count). The van der Waals surface area contributed by atoms with Gasteiger partial charge in [-0.1, -0.05) is 6.07 Å². The van der Waals surface area contributed by atoms with E-state index in [4.69, 9.17) is 5.11 Å². The Bertz CT molecular complexity index is 891. The number of halogens is 1. The molecular weight excluding hydrogens is 291 g/mol. The zero-order valence-corrected chi connectivity index (χ0v) is 11.0. The van der Waals surface area contributed by atoms with Gasteiger partial charge in [0.15, 0.2) is 5.65 Å². The number of nitrogens with one attached hydrogen (secondary N) is 1. The molecule has 0 spiro atoms. The van der Waals surface area contributed by atoms with Gasteiger partial charge in [0.25, 0.3) is 5.91 Å². The number of carbonyl (C=O) groups is 2. The maximum atomic E-state index is 13.1. The number of benzene rings is 1. The summed E-state index contributed by atoms with van der Waals surface area (Å²) in [5.41, 5.74) is 0.591. The smallest absolute Gasteiger partial charge is 0.341 e. The molecule has 22 heavy (non-hydrogen) atoms. The summed E-state index contributed by atoms with van der Waals surface area (Å²) in [4.78, 5) is 26.9. The van der Waals surface area contributed by atoms with E-state index in [0.717, 1.165) is 6.07 Å². The average Bonchev–Trinajstić information content (AvgIpc) is 2.90. The van der Waals surface area contributed by atoms with Gasteiger partial charge in [-0.2, -0.15) is 5.10 Å². The molecule has 110 valence electrons. The Morgan fingerprint density at radius 3 is 2.82 bits per heavy atom. The van der Waals surface area contributed by atoms with Crippen molar-refractivity contribution in [1.29, 1.82) is 0 Å². The first-order chi connectivity index (χ1) is 10.5. The standard InChI is InChI=1S/C14H9FN4O3/c15-9-3-1-2-8(4-9)13(20)18-10-5-16-12-11(14(21)22)6-17-19(12)7-10/h1-7H,(H,18,20)(H,21,22). The van der Waals surface area contributed by atoms with Crippen molar-refractivity contribution in [2.24, 2.45) is 0 Å². The van der Waals surface area contributed by atoms with Crippen LogP contribution in [0.5, 0.6) is 0 Å². The molecular formula is C14H9FN4O3. The minimum Gasteiger partial charge on any atom is -0.477 e. The van der Waals surface area contributed by atoms with E-state index in [1.54, 1.807) is 0 Å². The van der Waals surface area contributed by atoms with Gasteiger partial charge in [0, 0.05) is 5.56 Å². The van der Waals surface area contributed by atoms with Crippen LogP contribution in [0, 0.1) is 5.82 Å². The van der Waals surface area contributed by atoms with E-state index < -0.39 is 17.7 Å². The number of aromatic carboxylic acids is 1. The molecule has 0 aliphatic carbocycles. The number of amides is 1. The van der Waals surface area contributed by atoms with E-state index in [-0.39, 0.29) is 16.8 Å². The van der Waals surface area contributed by atoms with Crippen LogP contribution in [0.15, 0.2) is 42.9 Å². The molecule has 1 amide bonds. The molecule has 0 unspecified atom stereocenters. The highest BCUT2D eigenvalue weighted by atomic mass is 19.1. The highest BCUT2D eigenvalue weighted by Crippen LogP contribution is 2.13. The molecule has 3 aromatic rings. The quantitative estimate of drug-likeness (QED) is 0.769. The summed E-state index contributed by atoms with van der Waals surface area (Å²) >= 11 is 0. The Kier molecular flexibility index (Phi) is 3.26. The summed E-state index contributed by atoms with van der Waals surface area (Å²) in [6.45, 7) is 0. The van der Waals surface area contributed by atoms with Crippen LogP contribution in [0.25, 0.3) is 5.65 Å². The number of hydrogen-bond acceptors (Lipinski definition) is 4. The van der Waals surface area contributed by atoms with Gasteiger partial charge < -0.3 is 10.4 Å². The molecule has 0 fully saturated rings. The summed E-state index contributed by atoms with van der Waals surface area (Å²) in [6, 6.07) is 5.25. The Morgan fingerprint density at radius 1 is 1.27 bits per heavy atom. The van der Waals surface area contributed by atoms with Gasteiger partial charge in [0.05, 0.1) is 24.3 Å². The van der Waals surface area contributed by atoms with Crippen LogP contribution in [0.3, 0.4) is 0 Å². The van der Waals surface area contributed by atoms with Crippen LogP contribution in [0.1, 0.15) is 20.7 Å². The predicted octanol–water partition coefficient (Wildman–Crippen LogP) is 1.82. The molecule has 0 aliphatic rings. The third kappa shape index (κ3) is 2.49. The van der Waals surface area contributed by atoms with Crippen molar-refractivity contribution >= 4 is 23.2 Å². The fourth-order valence-corrected chi connectivity index (χ4v) is 1.92. The Morgan fingerprint density at radius 2 is 2.09 bits per heavy atom. The fourth-order valence-electron chi connectivity index (χ4n) is 1.92. The molecule has 2 heterocycles. The van der Waals surface area contributed by atoms with E-state index in [9.17, 15) is 14.0 Å². The second-order valence-electron chi connectivity index (χ2n) is 4.44. The second-order valence-corrected chi connectivity index (χ2v) is 4.44. The molecule has 2 N–H and O–H groups in total.